The van der Waals surface area contributed by atoms with E-state index in [4.69, 9.17) is 0 Å². The van der Waals surface area contributed by atoms with Crippen LogP contribution >= 0.6 is 35.3 Å². The molecule has 2 aliphatic rings. The van der Waals surface area contributed by atoms with Crippen molar-refractivity contribution in [2.45, 2.75) is 26.2 Å². The molecule has 0 spiro atoms. The normalized spacial score (nSPS) is 18.6. The van der Waals surface area contributed by atoms with Gasteiger partial charge in [0.25, 0.3) is 0 Å². The molecule has 3 heterocycles. The van der Waals surface area contributed by atoms with E-state index >= 15 is 0 Å². The van der Waals surface area contributed by atoms with Gasteiger partial charge in [0, 0.05) is 52.1 Å². The molecule has 2 fully saturated rings. The number of hydrogen-bond donors (Lipinski definition) is 1. The Morgan fingerprint density at radius 1 is 1.19 bits per heavy atom. The summed E-state index contributed by atoms with van der Waals surface area (Å²) in [5.41, 5.74) is 0. The highest BCUT2D eigenvalue weighted by molar-refractivity contribution is 14.0. The van der Waals surface area contributed by atoms with Crippen LogP contribution in [0.15, 0.2) is 22.5 Å². The zero-order chi connectivity index (χ0) is 18.4. The largest absolute Gasteiger partial charge is 0.360 e. The van der Waals surface area contributed by atoms with Crippen LogP contribution in [0.4, 0.5) is 5.00 Å². The summed E-state index contributed by atoms with van der Waals surface area (Å²) in [7, 11) is 0. The van der Waals surface area contributed by atoms with Crippen molar-refractivity contribution in [3.8, 4) is 0 Å². The maximum absolute atomic E-state index is 11.9. The van der Waals surface area contributed by atoms with Crippen LogP contribution in [0.5, 0.6) is 0 Å². The number of amides is 2. The first-order valence-corrected chi connectivity index (χ1v) is 10.2. The number of anilines is 1. The number of piperazine rings is 1. The molecule has 1 aromatic rings. The maximum atomic E-state index is 11.9. The second-order valence-corrected chi connectivity index (χ2v) is 7.38. The Morgan fingerprint density at radius 2 is 1.89 bits per heavy atom. The average Bonchev–Trinajstić information content (AvgIpc) is 3.18. The molecular weight excluding hydrogens is 477 g/mol. The Hall–Kier alpha value is -1.36. The van der Waals surface area contributed by atoms with Crippen LogP contribution in [-0.2, 0) is 9.59 Å². The highest BCUT2D eigenvalue weighted by Gasteiger charge is 2.25. The number of carbonyl (C=O) groups is 2. The minimum atomic E-state index is -0.0639. The van der Waals surface area contributed by atoms with Crippen molar-refractivity contribution >= 4 is 58.1 Å². The van der Waals surface area contributed by atoms with Crippen LogP contribution in [0, 0.1) is 0 Å². The first-order chi connectivity index (χ1) is 12.7. The van der Waals surface area contributed by atoms with E-state index in [9.17, 15) is 9.59 Å². The summed E-state index contributed by atoms with van der Waals surface area (Å²) >= 11 is 1.77. The standard InChI is InChI=1S/C18H27N5O2S.HI/c1-2-19-18(20-8-9-23-15(24)5-3-6-16(23)25)22-12-10-21(11-13-22)17-7-4-14-26-17;/h4,7,14H,2-3,5-6,8-13H2,1H3,(H,19,20);1H. The number of aliphatic imine (C=N–C) groups is 1. The van der Waals surface area contributed by atoms with Gasteiger partial charge in [0.1, 0.15) is 0 Å². The van der Waals surface area contributed by atoms with E-state index in [1.807, 2.05) is 0 Å². The van der Waals surface area contributed by atoms with Crippen LogP contribution in [0.1, 0.15) is 26.2 Å². The Kier molecular flexibility index (Phi) is 8.81. The lowest BCUT2D eigenvalue weighted by Crippen LogP contribution is -2.52. The number of hydrogen-bond acceptors (Lipinski definition) is 5. The molecular formula is C18H28IN5O2S. The summed E-state index contributed by atoms with van der Waals surface area (Å²) in [6.07, 6.45) is 1.62. The van der Waals surface area contributed by atoms with E-state index in [-0.39, 0.29) is 35.8 Å². The van der Waals surface area contributed by atoms with Gasteiger partial charge in [-0.3, -0.25) is 19.5 Å². The number of likely N-dealkylation sites (tertiary alicyclic amines) is 1. The van der Waals surface area contributed by atoms with Gasteiger partial charge in [0.2, 0.25) is 11.8 Å². The summed E-state index contributed by atoms with van der Waals surface area (Å²) < 4.78 is 0. The number of thiophene rings is 1. The van der Waals surface area contributed by atoms with Gasteiger partial charge in [-0.2, -0.15) is 0 Å². The number of carbonyl (C=O) groups excluding carboxylic acids is 2. The summed E-state index contributed by atoms with van der Waals surface area (Å²) in [5, 5.41) is 6.75. The first kappa shape index (κ1) is 21.9. The molecule has 0 bridgehead atoms. The van der Waals surface area contributed by atoms with Crippen LogP contribution in [0.2, 0.25) is 0 Å². The number of imide groups is 1. The predicted octanol–water partition coefficient (Wildman–Crippen LogP) is 1.99. The SMILES string of the molecule is CCNC(=NCCN1C(=O)CCCC1=O)N1CCN(c2cccs2)CC1.I. The Balaban J connectivity index is 0.00000261. The van der Waals surface area contributed by atoms with Gasteiger partial charge in [-0.05, 0) is 30.9 Å². The van der Waals surface area contributed by atoms with Gasteiger partial charge >= 0.3 is 0 Å². The number of halogens is 1. The van der Waals surface area contributed by atoms with Crippen molar-refractivity contribution in [2.75, 3.05) is 50.7 Å². The molecule has 0 unspecified atom stereocenters. The van der Waals surface area contributed by atoms with E-state index < -0.39 is 0 Å². The Labute approximate surface area is 181 Å². The fourth-order valence-electron chi connectivity index (χ4n) is 3.32. The van der Waals surface area contributed by atoms with Crippen molar-refractivity contribution in [2.24, 2.45) is 4.99 Å². The number of piperidine rings is 1. The van der Waals surface area contributed by atoms with Crippen LogP contribution in [0.3, 0.4) is 0 Å². The van der Waals surface area contributed by atoms with Crippen LogP contribution < -0.4 is 10.2 Å². The van der Waals surface area contributed by atoms with Crippen molar-refractivity contribution in [1.29, 1.82) is 0 Å². The molecule has 2 saturated heterocycles. The third kappa shape index (κ3) is 5.81. The van der Waals surface area contributed by atoms with Gasteiger partial charge in [0.15, 0.2) is 5.96 Å². The number of nitrogens with one attached hydrogen (secondary N) is 1. The molecule has 1 N–H and O–H groups in total. The monoisotopic (exact) mass is 505 g/mol. The van der Waals surface area contributed by atoms with Gasteiger partial charge in [-0.1, -0.05) is 0 Å². The summed E-state index contributed by atoms with van der Waals surface area (Å²) in [4.78, 5) is 34.4. The second-order valence-electron chi connectivity index (χ2n) is 6.45. The third-order valence-electron chi connectivity index (χ3n) is 4.70. The highest BCUT2D eigenvalue weighted by Crippen LogP contribution is 2.22. The van der Waals surface area contributed by atoms with Gasteiger partial charge in [0.05, 0.1) is 11.5 Å². The van der Waals surface area contributed by atoms with Crippen LogP contribution in [-0.4, -0.2) is 73.4 Å². The quantitative estimate of drug-likeness (QED) is 0.287. The average molecular weight is 505 g/mol. The zero-order valence-electron chi connectivity index (χ0n) is 15.7. The molecule has 3 rings (SSSR count). The highest BCUT2D eigenvalue weighted by atomic mass is 127. The molecule has 150 valence electrons. The molecule has 2 aliphatic heterocycles. The zero-order valence-corrected chi connectivity index (χ0v) is 18.9. The molecule has 0 atom stereocenters. The van der Waals surface area contributed by atoms with Crippen molar-refractivity contribution in [3.05, 3.63) is 17.5 Å². The fourth-order valence-corrected chi connectivity index (χ4v) is 4.10. The lowest BCUT2D eigenvalue weighted by molar-refractivity contribution is -0.147. The Bertz CT molecular complexity index is 628. The maximum Gasteiger partial charge on any atom is 0.229 e. The predicted molar refractivity (Wildman–Crippen MR) is 120 cm³/mol. The topological polar surface area (TPSA) is 68.2 Å². The third-order valence-corrected chi connectivity index (χ3v) is 5.63. The number of guanidine groups is 1. The minimum Gasteiger partial charge on any atom is -0.360 e. The fraction of sp³-hybridized carbons (Fsp3) is 0.611. The van der Waals surface area contributed by atoms with E-state index in [1.54, 1.807) is 11.3 Å². The van der Waals surface area contributed by atoms with E-state index in [2.05, 4.69) is 44.5 Å². The molecule has 2 amide bonds. The van der Waals surface area contributed by atoms with E-state index in [0.29, 0.717) is 32.4 Å². The van der Waals surface area contributed by atoms with Crippen molar-refractivity contribution in [1.82, 2.24) is 15.1 Å². The number of rotatable bonds is 5. The lowest BCUT2D eigenvalue weighted by atomic mass is 10.1. The number of nitrogens with zero attached hydrogens (tertiary/aromatic N) is 4. The van der Waals surface area contributed by atoms with Gasteiger partial charge in [-0.25, -0.2) is 0 Å². The summed E-state index contributed by atoms with van der Waals surface area (Å²) in [6.45, 7) is 7.42. The molecule has 7 nitrogen and oxygen atoms in total. The molecule has 0 saturated carbocycles. The molecule has 9 heteroatoms. The van der Waals surface area contributed by atoms with Crippen molar-refractivity contribution < 1.29 is 9.59 Å². The smallest absolute Gasteiger partial charge is 0.229 e. The Morgan fingerprint density at radius 3 is 2.48 bits per heavy atom. The summed E-state index contributed by atoms with van der Waals surface area (Å²) in [6, 6.07) is 4.24. The first-order valence-electron chi connectivity index (χ1n) is 9.34. The van der Waals surface area contributed by atoms with Gasteiger partial charge in [-0.15, -0.1) is 35.3 Å². The molecule has 0 radical (unpaired) electrons. The van der Waals surface area contributed by atoms with E-state index in [1.165, 1.54) is 9.90 Å². The minimum absolute atomic E-state index is 0. The van der Waals surface area contributed by atoms with Gasteiger partial charge < -0.3 is 15.1 Å². The second kappa shape index (κ2) is 10.8. The van der Waals surface area contributed by atoms with Crippen LogP contribution in [0.25, 0.3) is 0 Å². The lowest BCUT2D eigenvalue weighted by Gasteiger charge is -2.37. The van der Waals surface area contributed by atoms with E-state index in [0.717, 1.165) is 38.7 Å². The molecule has 1 aromatic heterocycles. The molecule has 0 aromatic carbocycles. The van der Waals surface area contributed by atoms with Crippen molar-refractivity contribution in [3.63, 3.8) is 0 Å². The molecule has 27 heavy (non-hydrogen) atoms. The summed E-state index contributed by atoms with van der Waals surface area (Å²) in [5.74, 6) is 0.743. The molecule has 0 aliphatic carbocycles.